The molecule has 0 bridgehead atoms. The molecule has 0 radical (unpaired) electrons. The Morgan fingerprint density at radius 3 is 1.20 bits per heavy atom. The van der Waals surface area contributed by atoms with Gasteiger partial charge in [0.25, 0.3) is 0 Å². The average Bonchev–Trinajstić information content (AvgIpc) is 2.18. The molecule has 0 fully saturated rings. The fraction of sp³-hybridized carbons (Fsp3) is 1.00. The molecule has 0 heterocycles. The van der Waals surface area contributed by atoms with Gasteiger partial charge in [0, 0.05) is 39.1 Å². The Balaban J connectivity index is 4.81. The lowest BCUT2D eigenvalue weighted by Gasteiger charge is -2.42. The molecule has 1 atom stereocenters. The Bertz CT molecular complexity index is 168. The maximum atomic E-state index is 10.0. The molecule has 0 aliphatic rings. The maximum Gasteiger partial charge on any atom is 0.119 e. The minimum atomic E-state index is -1.91. The van der Waals surface area contributed by atoms with Gasteiger partial charge < -0.3 is 30.6 Å². The largest absolute Gasteiger partial charge is 0.396 e. The van der Waals surface area contributed by atoms with Crippen LogP contribution in [0.3, 0.4) is 0 Å². The second-order valence-electron chi connectivity index (χ2n) is 3.64. The first-order chi connectivity index (χ1) is 6.99. The first-order valence-corrected chi connectivity index (χ1v) is 4.88. The molecule has 6 N–H and O–H groups in total. The zero-order chi connectivity index (χ0) is 11.9. The van der Waals surface area contributed by atoms with Crippen molar-refractivity contribution < 1.29 is 30.6 Å². The summed E-state index contributed by atoms with van der Waals surface area (Å²) in [7, 11) is 0. The van der Waals surface area contributed by atoms with Crippen LogP contribution in [0, 0.1) is 0 Å². The van der Waals surface area contributed by atoms with Gasteiger partial charge in [-0.2, -0.15) is 0 Å². The Hall–Kier alpha value is -0.240. The molecular formula is C9H20O6. The highest BCUT2D eigenvalue weighted by Gasteiger charge is 2.47. The van der Waals surface area contributed by atoms with Crippen molar-refractivity contribution in [1.29, 1.82) is 0 Å². The summed E-state index contributed by atoms with van der Waals surface area (Å²) in [6, 6.07) is 0. The second-order valence-corrected chi connectivity index (χ2v) is 3.64. The van der Waals surface area contributed by atoms with Crippen molar-refractivity contribution in [3.8, 4) is 0 Å². The van der Waals surface area contributed by atoms with Crippen LogP contribution < -0.4 is 0 Å². The molecular weight excluding hydrogens is 204 g/mol. The van der Waals surface area contributed by atoms with Crippen molar-refractivity contribution in [2.45, 2.75) is 30.5 Å². The third-order valence-electron chi connectivity index (χ3n) is 2.70. The normalized spacial score (nSPS) is 16.4. The van der Waals surface area contributed by atoms with Crippen LogP contribution in [-0.4, -0.2) is 68.3 Å². The molecule has 6 nitrogen and oxygen atoms in total. The molecule has 0 rings (SSSR count). The van der Waals surface area contributed by atoms with E-state index in [1.165, 1.54) is 0 Å². The van der Waals surface area contributed by atoms with Gasteiger partial charge in [-0.15, -0.1) is 0 Å². The van der Waals surface area contributed by atoms with Gasteiger partial charge in [0.15, 0.2) is 0 Å². The third kappa shape index (κ3) is 3.37. The number of aliphatic hydroxyl groups excluding tert-OH is 4. The van der Waals surface area contributed by atoms with Crippen molar-refractivity contribution in [2.24, 2.45) is 0 Å². The first kappa shape index (κ1) is 14.8. The van der Waals surface area contributed by atoms with Crippen LogP contribution in [0.2, 0.25) is 0 Å². The van der Waals surface area contributed by atoms with E-state index in [1.807, 2.05) is 0 Å². The Kier molecular flexibility index (Phi) is 6.26. The fourth-order valence-electron chi connectivity index (χ4n) is 1.60. The lowest BCUT2D eigenvalue weighted by molar-refractivity contribution is -0.192. The summed E-state index contributed by atoms with van der Waals surface area (Å²) in [4.78, 5) is 0. The molecule has 1 unspecified atom stereocenters. The third-order valence-corrected chi connectivity index (χ3v) is 2.70. The molecule has 0 aromatic carbocycles. The van der Waals surface area contributed by atoms with E-state index in [9.17, 15) is 10.2 Å². The molecule has 0 aliphatic carbocycles. The Labute approximate surface area is 88.4 Å². The lowest BCUT2D eigenvalue weighted by Crippen LogP contribution is -2.58. The summed E-state index contributed by atoms with van der Waals surface area (Å²) >= 11 is 0. The maximum absolute atomic E-state index is 10.0. The van der Waals surface area contributed by atoms with Crippen LogP contribution in [0.4, 0.5) is 0 Å². The van der Waals surface area contributed by atoms with Crippen LogP contribution in [0.5, 0.6) is 0 Å². The summed E-state index contributed by atoms with van der Waals surface area (Å²) in [6.45, 7) is -1.92. The molecule has 0 saturated carbocycles. The van der Waals surface area contributed by atoms with E-state index in [1.54, 1.807) is 0 Å². The topological polar surface area (TPSA) is 121 Å². The standard InChI is InChI=1S/C9H20O6/c10-4-1-8(14,2-5-11)9(15,7-13)3-6-12/h10-15H,1-7H2. The minimum Gasteiger partial charge on any atom is -0.396 e. The van der Waals surface area contributed by atoms with E-state index in [0.29, 0.717) is 0 Å². The quantitative estimate of drug-likeness (QED) is 0.273. The average molecular weight is 224 g/mol. The van der Waals surface area contributed by atoms with E-state index in [0.717, 1.165) is 0 Å². The van der Waals surface area contributed by atoms with Crippen LogP contribution in [0.25, 0.3) is 0 Å². The van der Waals surface area contributed by atoms with Gasteiger partial charge in [0.05, 0.1) is 6.61 Å². The summed E-state index contributed by atoms with van der Waals surface area (Å²) in [5, 5.41) is 55.2. The molecule has 0 amide bonds. The van der Waals surface area contributed by atoms with Crippen molar-refractivity contribution in [2.75, 3.05) is 26.4 Å². The van der Waals surface area contributed by atoms with Crippen molar-refractivity contribution >= 4 is 0 Å². The fourth-order valence-corrected chi connectivity index (χ4v) is 1.60. The molecule has 92 valence electrons. The van der Waals surface area contributed by atoms with Gasteiger partial charge in [-0.25, -0.2) is 0 Å². The monoisotopic (exact) mass is 224 g/mol. The summed E-state index contributed by atoms with van der Waals surface area (Å²) in [5.41, 5.74) is -3.71. The van der Waals surface area contributed by atoms with E-state index < -0.39 is 24.4 Å². The first-order valence-electron chi connectivity index (χ1n) is 4.88. The van der Waals surface area contributed by atoms with Crippen LogP contribution in [0.1, 0.15) is 19.3 Å². The number of hydrogen-bond acceptors (Lipinski definition) is 6. The highest BCUT2D eigenvalue weighted by Crippen LogP contribution is 2.31. The second kappa shape index (κ2) is 6.37. The number of rotatable bonds is 8. The molecule has 0 aromatic heterocycles. The van der Waals surface area contributed by atoms with Crippen molar-refractivity contribution in [1.82, 2.24) is 0 Å². The highest BCUT2D eigenvalue weighted by atomic mass is 16.4. The van der Waals surface area contributed by atoms with E-state index in [-0.39, 0.29) is 32.5 Å². The lowest BCUT2D eigenvalue weighted by atomic mass is 9.76. The molecule has 6 heteroatoms. The van der Waals surface area contributed by atoms with Gasteiger partial charge in [-0.05, 0) is 0 Å². The number of hydrogen-bond donors (Lipinski definition) is 6. The smallest absolute Gasteiger partial charge is 0.119 e. The Morgan fingerprint density at radius 2 is 0.933 bits per heavy atom. The van der Waals surface area contributed by atoms with Gasteiger partial charge in [0.2, 0.25) is 0 Å². The van der Waals surface area contributed by atoms with Gasteiger partial charge in [0.1, 0.15) is 11.2 Å². The van der Waals surface area contributed by atoms with Crippen LogP contribution in [0.15, 0.2) is 0 Å². The minimum absolute atomic E-state index is 0.176. The molecule has 0 spiro atoms. The summed E-state index contributed by atoms with van der Waals surface area (Å²) in [6.07, 6.45) is -0.574. The Morgan fingerprint density at radius 1 is 0.600 bits per heavy atom. The van der Waals surface area contributed by atoms with E-state index >= 15 is 0 Å². The van der Waals surface area contributed by atoms with Crippen molar-refractivity contribution in [3.63, 3.8) is 0 Å². The summed E-state index contributed by atoms with van der Waals surface area (Å²) in [5.74, 6) is 0. The van der Waals surface area contributed by atoms with E-state index in [2.05, 4.69) is 0 Å². The molecule has 0 aromatic rings. The zero-order valence-electron chi connectivity index (χ0n) is 8.63. The van der Waals surface area contributed by atoms with Crippen LogP contribution >= 0.6 is 0 Å². The van der Waals surface area contributed by atoms with Gasteiger partial charge in [-0.3, -0.25) is 0 Å². The molecule has 0 aliphatic heterocycles. The summed E-state index contributed by atoms with van der Waals surface area (Å²) < 4.78 is 0. The SMILES string of the molecule is OCCC(O)(CO)C(O)(CCO)CCO. The van der Waals surface area contributed by atoms with Crippen LogP contribution in [-0.2, 0) is 0 Å². The molecule has 15 heavy (non-hydrogen) atoms. The predicted octanol–water partition coefficient (Wildman–Crippen LogP) is -2.41. The van der Waals surface area contributed by atoms with Gasteiger partial charge in [-0.1, -0.05) is 0 Å². The zero-order valence-corrected chi connectivity index (χ0v) is 8.63. The van der Waals surface area contributed by atoms with E-state index in [4.69, 9.17) is 20.4 Å². The predicted molar refractivity (Wildman–Crippen MR) is 52.1 cm³/mol. The molecule has 0 saturated heterocycles. The number of aliphatic hydroxyl groups is 6. The van der Waals surface area contributed by atoms with Crippen molar-refractivity contribution in [3.05, 3.63) is 0 Å². The van der Waals surface area contributed by atoms with Gasteiger partial charge >= 0.3 is 0 Å². The highest BCUT2D eigenvalue weighted by molar-refractivity contribution is 4.99.